The molecule has 1 aliphatic rings. The van der Waals surface area contributed by atoms with Crippen molar-refractivity contribution in [3.8, 4) is 0 Å². The lowest BCUT2D eigenvalue weighted by atomic mass is 10.0. The third-order valence-corrected chi connectivity index (χ3v) is 4.92. The van der Waals surface area contributed by atoms with Crippen LogP contribution in [0.2, 0.25) is 0 Å². The molecule has 0 spiro atoms. The molecule has 3 heterocycles. The Bertz CT molecular complexity index is 981. The zero-order valence-electron chi connectivity index (χ0n) is 14.0. The molecule has 1 saturated heterocycles. The van der Waals surface area contributed by atoms with Crippen molar-refractivity contribution in [2.24, 2.45) is 0 Å². The van der Waals surface area contributed by atoms with Gasteiger partial charge in [-0.1, -0.05) is 12.1 Å². The lowest BCUT2D eigenvalue weighted by Gasteiger charge is -2.32. The predicted molar refractivity (Wildman–Crippen MR) is 93.6 cm³/mol. The number of aromatic nitrogens is 2. The van der Waals surface area contributed by atoms with Crippen LogP contribution in [0, 0.1) is 6.92 Å². The van der Waals surface area contributed by atoms with Crippen molar-refractivity contribution in [3.05, 3.63) is 64.6 Å². The Labute approximate surface area is 144 Å². The van der Waals surface area contributed by atoms with Crippen molar-refractivity contribution in [1.82, 2.24) is 14.5 Å². The van der Waals surface area contributed by atoms with Crippen LogP contribution in [-0.2, 0) is 0 Å². The molecule has 0 saturated carbocycles. The van der Waals surface area contributed by atoms with Crippen LogP contribution in [0.3, 0.4) is 0 Å². The first-order chi connectivity index (χ1) is 12.1. The van der Waals surface area contributed by atoms with E-state index in [1.165, 1.54) is 6.26 Å². The van der Waals surface area contributed by atoms with Crippen LogP contribution in [0.5, 0.6) is 0 Å². The van der Waals surface area contributed by atoms with Crippen LogP contribution in [-0.4, -0.2) is 33.4 Å². The molecular weight excluding hydrogens is 318 g/mol. The molecule has 4 rings (SSSR count). The summed E-state index contributed by atoms with van der Waals surface area (Å²) in [7, 11) is 0. The number of piperidine rings is 1. The molecule has 3 aromatic rings. The monoisotopic (exact) mass is 337 g/mol. The van der Waals surface area contributed by atoms with Crippen molar-refractivity contribution < 1.29 is 9.21 Å². The van der Waals surface area contributed by atoms with E-state index >= 15 is 0 Å². The fraction of sp³-hybridized carbons (Fsp3) is 0.316. The number of amides is 1. The summed E-state index contributed by atoms with van der Waals surface area (Å²) < 4.78 is 6.94. The topological polar surface area (TPSA) is 68.3 Å². The fourth-order valence-corrected chi connectivity index (χ4v) is 3.47. The van der Waals surface area contributed by atoms with E-state index in [-0.39, 0.29) is 17.5 Å². The molecule has 2 aromatic heterocycles. The highest BCUT2D eigenvalue weighted by atomic mass is 16.3. The molecule has 6 nitrogen and oxygen atoms in total. The van der Waals surface area contributed by atoms with Gasteiger partial charge in [0.05, 0.1) is 29.1 Å². The summed E-state index contributed by atoms with van der Waals surface area (Å²) in [5, 5.41) is 0.637. The summed E-state index contributed by atoms with van der Waals surface area (Å²) in [6, 6.07) is 9.16. The molecule has 1 fully saturated rings. The Morgan fingerprint density at radius 1 is 1.20 bits per heavy atom. The van der Waals surface area contributed by atoms with Gasteiger partial charge in [-0.05, 0) is 38.0 Å². The average Bonchev–Trinajstić information content (AvgIpc) is 3.08. The van der Waals surface area contributed by atoms with E-state index in [0.29, 0.717) is 35.3 Å². The molecule has 25 heavy (non-hydrogen) atoms. The van der Waals surface area contributed by atoms with Crippen LogP contribution >= 0.6 is 0 Å². The summed E-state index contributed by atoms with van der Waals surface area (Å²) in [5.41, 5.74) is 1.32. The number of para-hydroxylation sites is 1. The number of hydrogen-bond acceptors (Lipinski definition) is 4. The van der Waals surface area contributed by atoms with Gasteiger partial charge in [0.25, 0.3) is 11.5 Å². The predicted octanol–water partition coefficient (Wildman–Crippen LogP) is 2.78. The van der Waals surface area contributed by atoms with Gasteiger partial charge in [-0.2, -0.15) is 0 Å². The van der Waals surface area contributed by atoms with Crippen molar-refractivity contribution in [1.29, 1.82) is 0 Å². The van der Waals surface area contributed by atoms with E-state index in [0.717, 1.165) is 12.8 Å². The number of fused-ring (bicyclic) bond motifs is 1. The molecule has 0 N–H and O–H groups in total. The van der Waals surface area contributed by atoms with E-state index in [9.17, 15) is 9.59 Å². The van der Waals surface area contributed by atoms with E-state index in [4.69, 9.17) is 4.42 Å². The maximum absolute atomic E-state index is 12.7. The second-order valence-electron chi connectivity index (χ2n) is 6.39. The largest absolute Gasteiger partial charge is 0.469 e. The number of carbonyl (C=O) groups is 1. The van der Waals surface area contributed by atoms with E-state index in [1.807, 2.05) is 29.2 Å². The van der Waals surface area contributed by atoms with Crippen molar-refractivity contribution in [2.75, 3.05) is 13.1 Å². The number of hydrogen-bond donors (Lipinski definition) is 0. The van der Waals surface area contributed by atoms with E-state index in [2.05, 4.69) is 4.98 Å². The highest BCUT2D eigenvalue weighted by Crippen LogP contribution is 2.23. The maximum Gasteiger partial charge on any atom is 0.261 e. The minimum absolute atomic E-state index is 0.00585. The molecule has 0 radical (unpaired) electrons. The minimum atomic E-state index is -0.0129. The van der Waals surface area contributed by atoms with Crippen LogP contribution in [0.4, 0.5) is 0 Å². The highest BCUT2D eigenvalue weighted by Gasteiger charge is 2.26. The van der Waals surface area contributed by atoms with E-state index in [1.54, 1.807) is 23.9 Å². The van der Waals surface area contributed by atoms with Gasteiger partial charge in [0, 0.05) is 19.1 Å². The molecule has 0 unspecified atom stereocenters. The summed E-state index contributed by atoms with van der Waals surface area (Å²) >= 11 is 0. The van der Waals surface area contributed by atoms with Crippen molar-refractivity contribution >= 4 is 16.8 Å². The van der Waals surface area contributed by atoms with Crippen LogP contribution in [0.25, 0.3) is 10.9 Å². The molecule has 1 amide bonds. The maximum atomic E-state index is 12.7. The van der Waals surface area contributed by atoms with Gasteiger partial charge >= 0.3 is 0 Å². The lowest BCUT2D eigenvalue weighted by Crippen LogP contribution is -2.41. The molecule has 0 bridgehead atoms. The van der Waals surface area contributed by atoms with Crippen molar-refractivity contribution in [3.63, 3.8) is 0 Å². The first-order valence-electron chi connectivity index (χ1n) is 8.44. The number of rotatable bonds is 2. The van der Waals surface area contributed by atoms with Crippen LogP contribution < -0.4 is 5.56 Å². The van der Waals surface area contributed by atoms with Gasteiger partial charge < -0.3 is 9.32 Å². The minimum Gasteiger partial charge on any atom is -0.469 e. The Morgan fingerprint density at radius 3 is 2.68 bits per heavy atom. The van der Waals surface area contributed by atoms with Gasteiger partial charge in [-0.3, -0.25) is 14.2 Å². The Morgan fingerprint density at radius 2 is 1.96 bits per heavy atom. The summed E-state index contributed by atoms with van der Waals surface area (Å²) in [6.45, 7) is 3.03. The van der Waals surface area contributed by atoms with Crippen molar-refractivity contribution in [2.45, 2.75) is 25.8 Å². The zero-order valence-corrected chi connectivity index (χ0v) is 14.0. The summed E-state index contributed by atoms with van der Waals surface area (Å²) in [5.74, 6) is 0.635. The van der Waals surface area contributed by atoms with Gasteiger partial charge in [0.15, 0.2) is 0 Å². The lowest BCUT2D eigenvalue weighted by molar-refractivity contribution is 0.0691. The van der Waals surface area contributed by atoms with Gasteiger partial charge in [-0.25, -0.2) is 4.98 Å². The normalized spacial score (nSPS) is 15.6. The van der Waals surface area contributed by atoms with Crippen LogP contribution in [0.1, 0.15) is 35.0 Å². The summed E-state index contributed by atoms with van der Waals surface area (Å²) in [6.07, 6.45) is 4.65. The zero-order chi connectivity index (χ0) is 17.4. The molecule has 1 aromatic carbocycles. The number of likely N-dealkylation sites (tertiary alicyclic amines) is 1. The number of carbonyl (C=O) groups excluding carboxylic acids is 1. The Kier molecular flexibility index (Phi) is 3.87. The molecule has 0 atom stereocenters. The number of benzene rings is 1. The van der Waals surface area contributed by atoms with Crippen LogP contribution in [0.15, 0.2) is 52.1 Å². The molecule has 1 aliphatic heterocycles. The molecule has 128 valence electrons. The molecule has 6 heteroatoms. The quantitative estimate of drug-likeness (QED) is 0.721. The Hall–Kier alpha value is -2.89. The first-order valence-corrected chi connectivity index (χ1v) is 8.44. The first kappa shape index (κ1) is 15.6. The number of nitrogens with zero attached hydrogens (tertiary/aromatic N) is 3. The van der Waals surface area contributed by atoms with Gasteiger partial charge in [0.1, 0.15) is 5.76 Å². The van der Waals surface area contributed by atoms with Gasteiger partial charge in [0.2, 0.25) is 0 Å². The highest BCUT2D eigenvalue weighted by molar-refractivity contribution is 5.95. The standard InChI is InChI=1S/C19H19N3O3/c1-13-15(8-11-25-13)18(23)21-9-6-14(7-10-21)22-12-20-17-5-3-2-4-16(17)19(22)24/h2-5,8,11-12,14H,6-7,9-10H2,1H3. The second kappa shape index (κ2) is 6.20. The third kappa shape index (κ3) is 2.73. The average molecular weight is 337 g/mol. The fourth-order valence-electron chi connectivity index (χ4n) is 3.47. The molecular formula is C19H19N3O3. The third-order valence-electron chi connectivity index (χ3n) is 4.92. The number of furan rings is 1. The SMILES string of the molecule is Cc1occc1C(=O)N1CCC(n2cnc3ccccc3c2=O)CC1. The van der Waals surface area contributed by atoms with E-state index < -0.39 is 0 Å². The van der Waals surface area contributed by atoms with Gasteiger partial charge in [-0.15, -0.1) is 0 Å². The smallest absolute Gasteiger partial charge is 0.261 e. The number of aryl methyl sites for hydroxylation is 1. The molecule has 0 aliphatic carbocycles. The summed E-state index contributed by atoms with van der Waals surface area (Å²) in [4.78, 5) is 31.5. The Balaban J connectivity index is 1.53. The second-order valence-corrected chi connectivity index (χ2v) is 6.39.